The van der Waals surface area contributed by atoms with Crippen molar-refractivity contribution in [3.63, 3.8) is 0 Å². The molecule has 2 aromatic rings. The summed E-state index contributed by atoms with van der Waals surface area (Å²) >= 11 is 5.86. The summed E-state index contributed by atoms with van der Waals surface area (Å²) in [7, 11) is 1.68. The Labute approximate surface area is 159 Å². The van der Waals surface area contributed by atoms with Crippen LogP contribution in [0.15, 0.2) is 48.5 Å². The number of carbonyl (C=O) groups excluding carboxylic acids is 1. The molecule has 3 rings (SSSR count). The van der Waals surface area contributed by atoms with Crippen LogP contribution in [-0.4, -0.2) is 32.8 Å². The average molecular weight is 374 g/mol. The van der Waals surface area contributed by atoms with Gasteiger partial charge in [-0.05, 0) is 42.2 Å². The van der Waals surface area contributed by atoms with Crippen LogP contribution in [0.5, 0.6) is 5.75 Å². The molecule has 26 heavy (non-hydrogen) atoms. The van der Waals surface area contributed by atoms with Crippen molar-refractivity contribution in [2.45, 2.75) is 13.0 Å². The van der Waals surface area contributed by atoms with Crippen molar-refractivity contribution in [3.8, 4) is 5.75 Å². The minimum atomic E-state index is -0.139. The summed E-state index contributed by atoms with van der Waals surface area (Å²) in [5.74, 6) is 1.31. The standard InChI is InChI=1S/C20H24ClN3O2/c1-26-19-4-2-3-18(11-19)24-10-9-16(14-24)13-23-20(25)22-12-15-5-7-17(21)8-6-15/h2-8,11,16H,9-10,12-14H2,1H3,(H2,22,23,25). The third kappa shape index (κ3) is 5.05. The third-order valence-corrected chi connectivity index (χ3v) is 4.87. The molecule has 0 bridgehead atoms. The van der Waals surface area contributed by atoms with Crippen LogP contribution >= 0.6 is 11.6 Å². The number of urea groups is 1. The van der Waals surface area contributed by atoms with E-state index in [9.17, 15) is 4.79 Å². The lowest BCUT2D eigenvalue weighted by molar-refractivity contribution is 0.239. The van der Waals surface area contributed by atoms with Gasteiger partial charge >= 0.3 is 6.03 Å². The molecule has 1 unspecified atom stereocenters. The largest absolute Gasteiger partial charge is 0.497 e. The van der Waals surface area contributed by atoms with Crippen molar-refractivity contribution >= 4 is 23.3 Å². The van der Waals surface area contributed by atoms with Gasteiger partial charge in [0.1, 0.15) is 5.75 Å². The normalized spacial score (nSPS) is 16.4. The zero-order chi connectivity index (χ0) is 18.4. The van der Waals surface area contributed by atoms with Gasteiger partial charge in [-0.25, -0.2) is 4.79 Å². The molecule has 1 fully saturated rings. The lowest BCUT2D eigenvalue weighted by Crippen LogP contribution is -2.38. The quantitative estimate of drug-likeness (QED) is 0.812. The molecule has 0 spiro atoms. The average Bonchev–Trinajstić information content (AvgIpc) is 3.15. The zero-order valence-electron chi connectivity index (χ0n) is 14.9. The van der Waals surface area contributed by atoms with E-state index in [0.717, 1.165) is 30.8 Å². The fourth-order valence-corrected chi connectivity index (χ4v) is 3.25. The molecule has 6 heteroatoms. The third-order valence-electron chi connectivity index (χ3n) is 4.62. The Morgan fingerprint density at radius 3 is 2.81 bits per heavy atom. The Morgan fingerprint density at radius 2 is 2.04 bits per heavy atom. The van der Waals surface area contributed by atoms with Gasteiger partial charge in [-0.3, -0.25) is 0 Å². The highest BCUT2D eigenvalue weighted by Crippen LogP contribution is 2.26. The highest BCUT2D eigenvalue weighted by atomic mass is 35.5. The van der Waals surface area contributed by atoms with Crippen LogP contribution in [0.3, 0.4) is 0 Å². The van der Waals surface area contributed by atoms with Crippen molar-refractivity contribution < 1.29 is 9.53 Å². The minimum absolute atomic E-state index is 0.139. The number of hydrogen-bond donors (Lipinski definition) is 2. The van der Waals surface area contributed by atoms with E-state index in [2.05, 4.69) is 27.7 Å². The fourth-order valence-electron chi connectivity index (χ4n) is 3.13. The summed E-state index contributed by atoms with van der Waals surface area (Å²) in [6, 6.07) is 15.4. The predicted octanol–water partition coefficient (Wildman–Crippen LogP) is 3.67. The fraction of sp³-hybridized carbons (Fsp3) is 0.350. The van der Waals surface area contributed by atoms with Gasteiger partial charge < -0.3 is 20.3 Å². The SMILES string of the molecule is COc1cccc(N2CCC(CNC(=O)NCc3ccc(Cl)cc3)C2)c1. The number of amides is 2. The highest BCUT2D eigenvalue weighted by molar-refractivity contribution is 6.30. The topological polar surface area (TPSA) is 53.6 Å². The monoisotopic (exact) mass is 373 g/mol. The number of methoxy groups -OCH3 is 1. The van der Waals surface area contributed by atoms with Gasteiger partial charge in [0.05, 0.1) is 7.11 Å². The van der Waals surface area contributed by atoms with Crippen molar-refractivity contribution in [2.24, 2.45) is 5.92 Å². The summed E-state index contributed by atoms with van der Waals surface area (Å²) in [6.07, 6.45) is 1.06. The number of benzene rings is 2. The van der Waals surface area contributed by atoms with E-state index in [1.807, 2.05) is 36.4 Å². The maximum Gasteiger partial charge on any atom is 0.315 e. The van der Waals surface area contributed by atoms with Crippen molar-refractivity contribution in [1.82, 2.24) is 10.6 Å². The predicted molar refractivity (Wildman–Crippen MR) is 105 cm³/mol. The first-order valence-electron chi connectivity index (χ1n) is 8.79. The Bertz CT molecular complexity index is 736. The number of rotatable bonds is 6. The maximum atomic E-state index is 12.0. The molecule has 0 saturated carbocycles. The molecule has 138 valence electrons. The molecule has 0 aliphatic carbocycles. The number of carbonyl (C=O) groups is 1. The van der Waals surface area contributed by atoms with Gasteiger partial charge in [-0.1, -0.05) is 29.8 Å². The number of nitrogens with one attached hydrogen (secondary N) is 2. The number of hydrogen-bond acceptors (Lipinski definition) is 3. The summed E-state index contributed by atoms with van der Waals surface area (Å²) in [4.78, 5) is 14.3. The van der Waals surface area contributed by atoms with Gasteiger partial charge in [0.25, 0.3) is 0 Å². The number of ether oxygens (including phenoxy) is 1. The first kappa shape index (κ1) is 18.4. The van der Waals surface area contributed by atoms with Gasteiger partial charge in [0, 0.05) is 43.0 Å². The van der Waals surface area contributed by atoms with Crippen LogP contribution in [0.4, 0.5) is 10.5 Å². The number of nitrogens with zero attached hydrogens (tertiary/aromatic N) is 1. The molecular weight excluding hydrogens is 350 g/mol. The van der Waals surface area contributed by atoms with E-state index in [-0.39, 0.29) is 6.03 Å². The zero-order valence-corrected chi connectivity index (χ0v) is 15.6. The minimum Gasteiger partial charge on any atom is -0.497 e. The van der Waals surface area contributed by atoms with Gasteiger partial charge in [-0.2, -0.15) is 0 Å². The molecular formula is C20H24ClN3O2. The second kappa shape index (κ2) is 8.81. The maximum absolute atomic E-state index is 12.0. The van der Waals surface area contributed by atoms with Crippen molar-refractivity contribution in [3.05, 3.63) is 59.1 Å². The molecule has 2 N–H and O–H groups in total. The summed E-state index contributed by atoms with van der Waals surface area (Å²) in [5.41, 5.74) is 2.19. The highest BCUT2D eigenvalue weighted by Gasteiger charge is 2.23. The molecule has 2 amide bonds. The first-order valence-corrected chi connectivity index (χ1v) is 9.17. The Kier molecular flexibility index (Phi) is 6.23. The molecule has 1 saturated heterocycles. The van der Waals surface area contributed by atoms with E-state index in [1.54, 1.807) is 7.11 Å². The molecule has 2 aromatic carbocycles. The lowest BCUT2D eigenvalue weighted by Gasteiger charge is -2.19. The van der Waals surface area contributed by atoms with E-state index >= 15 is 0 Å². The number of halogens is 1. The van der Waals surface area contributed by atoms with Crippen LogP contribution in [0.2, 0.25) is 5.02 Å². The van der Waals surface area contributed by atoms with Gasteiger partial charge in [0.2, 0.25) is 0 Å². The molecule has 1 aliphatic heterocycles. The van der Waals surface area contributed by atoms with Crippen LogP contribution in [0.1, 0.15) is 12.0 Å². The smallest absolute Gasteiger partial charge is 0.315 e. The Morgan fingerprint density at radius 1 is 1.23 bits per heavy atom. The van der Waals surface area contributed by atoms with Gasteiger partial charge in [0.15, 0.2) is 0 Å². The van der Waals surface area contributed by atoms with E-state index in [1.165, 1.54) is 5.69 Å². The van der Waals surface area contributed by atoms with Crippen LogP contribution < -0.4 is 20.3 Å². The Balaban J connectivity index is 1.41. The van der Waals surface area contributed by atoms with Crippen molar-refractivity contribution in [1.29, 1.82) is 0 Å². The van der Waals surface area contributed by atoms with Crippen LogP contribution in [0, 0.1) is 5.92 Å². The summed E-state index contributed by atoms with van der Waals surface area (Å²) in [6.45, 7) is 3.09. The molecule has 0 aromatic heterocycles. The molecule has 1 aliphatic rings. The van der Waals surface area contributed by atoms with Crippen LogP contribution in [-0.2, 0) is 6.54 Å². The molecule has 1 atom stereocenters. The second-order valence-electron chi connectivity index (χ2n) is 6.49. The first-order chi connectivity index (χ1) is 12.6. The second-order valence-corrected chi connectivity index (χ2v) is 6.93. The number of anilines is 1. The van der Waals surface area contributed by atoms with Gasteiger partial charge in [-0.15, -0.1) is 0 Å². The molecule has 1 heterocycles. The lowest BCUT2D eigenvalue weighted by atomic mass is 10.1. The summed E-state index contributed by atoms with van der Waals surface area (Å²) in [5, 5.41) is 6.54. The van der Waals surface area contributed by atoms with E-state index in [0.29, 0.717) is 24.0 Å². The Hall–Kier alpha value is -2.40. The molecule has 5 nitrogen and oxygen atoms in total. The van der Waals surface area contributed by atoms with Crippen LogP contribution in [0.25, 0.3) is 0 Å². The summed E-state index contributed by atoms with van der Waals surface area (Å²) < 4.78 is 5.29. The van der Waals surface area contributed by atoms with E-state index in [4.69, 9.17) is 16.3 Å². The van der Waals surface area contributed by atoms with E-state index < -0.39 is 0 Å². The van der Waals surface area contributed by atoms with Crippen molar-refractivity contribution in [2.75, 3.05) is 31.6 Å². The molecule has 0 radical (unpaired) electrons.